The van der Waals surface area contributed by atoms with Crippen molar-refractivity contribution in [3.05, 3.63) is 23.8 Å². The largest absolute Gasteiger partial charge is 0.398 e. The van der Waals surface area contributed by atoms with Crippen LogP contribution in [0.15, 0.2) is 18.2 Å². The Labute approximate surface area is 60.0 Å². The maximum absolute atomic E-state index is 5.60. The second-order valence-electron chi connectivity index (χ2n) is 2.22. The first-order valence-electron chi connectivity index (χ1n) is 3.07. The van der Waals surface area contributed by atoms with Gasteiger partial charge in [0.25, 0.3) is 0 Å². The number of rotatable bonds is 1. The van der Waals surface area contributed by atoms with Crippen molar-refractivity contribution in [2.75, 3.05) is 11.2 Å². The molecule has 0 atom stereocenters. The summed E-state index contributed by atoms with van der Waals surface area (Å²) < 4.78 is 0. The zero-order valence-electron chi connectivity index (χ0n) is 5.89. The van der Waals surface area contributed by atoms with Crippen molar-refractivity contribution in [2.24, 2.45) is 5.84 Å². The predicted molar refractivity (Wildman–Crippen MR) is 43.4 cm³/mol. The van der Waals surface area contributed by atoms with Gasteiger partial charge >= 0.3 is 0 Å². The molecule has 0 amide bonds. The van der Waals surface area contributed by atoms with Crippen LogP contribution in [0.5, 0.6) is 0 Å². The first kappa shape index (κ1) is 6.89. The summed E-state index contributed by atoms with van der Waals surface area (Å²) in [6.45, 7) is 1.95. The normalized spacial score (nSPS) is 9.40. The number of aryl methyl sites for hydroxylation is 1. The minimum atomic E-state index is 0.760. The van der Waals surface area contributed by atoms with E-state index in [0.717, 1.165) is 16.9 Å². The molecule has 1 aromatic rings. The van der Waals surface area contributed by atoms with Gasteiger partial charge in [0, 0.05) is 5.69 Å². The first-order valence-corrected chi connectivity index (χ1v) is 3.07. The van der Waals surface area contributed by atoms with E-state index in [2.05, 4.69) is 5.43 Å². The zero-order valence-corrected chi connectivity index (χ0v) is 5.89. The molecule has 1 rings (SSSR count). The molecular weight excluding hydrogens is 126 g/mol. The zero-order chi connectivity index (χ0) is 7.56. The third kappa shape index (κ3) is 1.19. The fourth-order valence-electron chi connectivity index (χ4n) is 0.730. The SMILES string of the molecule is Cc1ccc(NN)cc1N. The van der Waals surface area contributed by atoms with Gasteiger partial charge < -0.3 is 11.2 Å². The highest BCUT2D eigenvalue weighted by Crippen LogP contribution is 2.15. The molecule has 0 fully saturated rings. The minimum Gasteiger partial charge on any atom is -0.398 e. The first-order chi connectivity index (χ1) is 4.74. The second-order valence-corrected chi connectivity index (χ2v) is 2.22. The number of anilines is 2. The maximum atomic E-state index is 5.60. The van der Waals surface area contributed by atoms with Gasteiger partial charge in [0.15, 0.2) is 0 Å². The highest BCUT2D eigenvalue weighted by molar-refractivity contribution is 5.57. The van der Waals surface area contributed by atoms with Gasteiger partial charge in [0.1, 0.15) is 0 Å². The lowest BCUT2D eigenvalue weighted by Crippen LogP contribution is -2.06. The summed E-state index contributed by atoms with van der Waals surface area (Å²) in [6.07, 6.45) is 0. The summed E-state index contributed by atoms with van der Waals surface area (Å²) in [7, 11) is 0. The Bertz CT molecular complexity index is 232. The monoisotopic (exact) mass is 137 g/mol. The second kappa shape index (κ2) is 2.58. The van der Waals surface area contributed by atoms with Gasteiger partial charge in [-0.05, 0) is 24.6 Å². The van der Waals surface area contributed by atoms with Gasteiger partial charge in [0.05, 0.1) is 5.69 Å². The summed E-state index contributed by atoms with van der Waals surface area (Å²) in [5.74, 6) is 5.16. The van der Waals surface area contributed by atoms with Crippen molar-refractivity contribution >= 4 is 11.4 Å². The Hall–Kier alpha value is -1.22. The highest BCUT2D eigenvalue weighted by Gasteiger charge is 1.92. The van der Waals surface area contributed by atoms with Gasteiger partial charge in [-0.3, -0.25) is 5.84 Å². The average Bonchev–Trinajstić information content (AvgIpc) is 1.95. The van der Waals surface area contributed by atoms with Crippen molar-refractivity contribution in [1.82, 2.24) is 0 Å². The van der Waals surface area contributed by atoms with E-state index in [1.54, 1.807) is 6.07 Å². The maximum Gasteiger partial charge on any atom is 0.0505 e. The molecule has 0 saturated carbocycles. The number of nitrogens with two attached hydrogens (primary N) is 2. The number of hydrogen-bond acceptors (Lipinski definition) is 3. The molecule has 0 aliphatic carbocycles. The van der Waals surface area contributed by atoms with Crippen molar-refractivity contribution in [1.29, 1.82) is 0 Å². The Morgan fingerprint density at radius 1 is 1.40 bits per heavy atom. The van der Waals surface area contributed by atoms with Gasteiger partial charge in [-0.2, -0.15) is 0 Å². The molecule has 0 aliphatic rings. The molecule has 5 N–H and O–H groups in total. The Kier molecular flexibility index (Phi) is 1.78. The molecule has 0 unspecified atom stereocenters. The number of nitrogen functional groups attached to an aromatic ring is 2. The Balaban J connectivity index is 3.04. The third-order valence-electron chi connectivity index (χ3n) is 1.45. The highest BCUT2D eigenvalue weighted by atomic mass is 15.2. The summed E-state index contributed by atoms with van der Waals surface area (Å²) in [4.78, 5) is 0. The van der Waals surface area contributed by atoms with Crippen LogP contribution in [0.25, 0.3) is 0 Å². The Morgan fingerprint density at radius 3 is 2.60 bits per heavy atom. The standard InChI is InChI=1S/C7H11N3/c1-5-2-3-6(10-9)4-7(5)8/h2-4,10H,8-9H2,1H3. The minimum absolute atomic E-state index is 0.760. The molecule has 0 aromatic heterocycles. The molecule has 1 aromatic carbocycles. The summed E-state index contributed by atoms with van der Waals surface area (Å²) in [5, 5.41) is 0. The average molecular weight is 137 g/mol. The quantitative estimate of drug-likeness (QED) is 0.305. The van der Waals surface area contributed by atoms with Gasteiger partial charge in [0.2, 0.25) is 0 Å². The number of benzene rings is 1. The number of hydrogen-bond donors (Lipinski definition) is 3. The van der Waals surface area contributed by atoms with Crippen LogP contribution < -0.4 is 17.0 Å². The van der Waals surface area contributed by atoms with E-state index in [1.165, 1.54) is 0 Å². The van der Waals surface area contributed by atoms with E-state index in [9.17, 15) is 0 Å². The number of nitrogens with one attached hydrogen (secondary N) is 1. The van der Waals surface area contributed by atoms with Crippen LogP contribution in [-0.4, -0.2) is 0 Å². The molecule has 0 heterocycles. The van der Waals surface area contributed by atoms with E-state index in [-0.39, 0.29) is 0 Å². The number of hydrazine groups is 1. The van der Waals surface area contributed by atoms with E-state index in [4.69, 9.17) is 11.6 Å². The molecule has 0 saturated heterocycles. The van der Waals surface area contributed by atoms with Crippen molar-refractivity contribution in [2.45, 2.75) is 6.92 Å². The molecule has 0 radical (unpaired) electrons. The van der Waals surface area contributed by atoms with Crippen LogP contribution in [-0.2, 0) is 0 Å². The van der Waals surface area contributed by atoms with E-state index < -0.39 is 0 Å². The molecule has 10 heavy (non-hydrogen) atoms. The summed E-state index contributed by atoms with van der Waals surface area (Å²) in [5.41, 5.74) is 10.8. The molecule has 0 bridgehead atoms. The lowest BCUT2D eigenvalue weighted by atomic mass is 10.2. The summed E-state index contributed by atoms with van der Waals surface area (Å²) in [6, 6.07) is 5.60. The molecule has 54 valence electrons. The van der Waals surface area contributed by atoms with Gasteiger partial charge in [-0.1, -0.05) is 6.07 Å². The molecule has 3 nitrogen and oxygen atoms in total. The van der Waals surface area contributed by atoms with Gasteiger partial charge in [-0.15, -0.1) is 0 Å². The summed E-state index contributed by atoms with van der Waals surface area (Å²) >= 11 is 0. The Morgan fingerprint density at radius 2 is 2.10 bits per heavy atom. The lowest BCUT2D eigenvalue weighted by Gasteiger charge is -2.02. The van der Waals surface area contributed by atoms with Crippen LogP contribution in [0.3, 0.4) is 0 Å². The predicted octanol–water partition coefficient (Wildman–Crippen LogP) is 0.863. The molecule has 0 aliphatic heterocycles. The van der Waals surface area contributed by atoms with Crippen LogP contribution in [0.2, 0.25) is 0 Å². The topological polar surface area (TPSA) is 64.1 Å². The van der Waals surface area contributed by atoms with Crippen LogP contribution in [0.4, 0.5) is 11.4 Å². The van der Waals surface area contributed by atoms with Crippen LogP contribution >= 0.6 is 0 Å². The third-order valence-corrected chi connectivity index (χ3v) is 1.45. The van der Waals surface area contributed by atoms with E-state index in [0.29, 0.717) is 0 Å². The fourth-order valence-corrected chi connectivity index (χ4v) is 0.730. The molecular formula is C7H11N3. The van der Waals surface area contributed by atoms with E-state index >= 15 is 0 Å². The van der Waals surface area contributed by atoms with Crippen LogP contribution in [0.1, 0.15) is 5.56 Å². The fraction of sp³-hybridized carbons (Fsp3) is 0.143. The molecule has 0 spiro atoms. The van der Waals surface area contributed by atoms with E-state index in [1.807, 2.05) is 19.1 Å². The molecule has 3 heteroatoms. The lowest BCUT2D eigenvalue weighted by molar-refractivity contribution is 1.34. The van der Waals surface area contributed by atoms with Gasteiger partial charge in [-0.25, -0.2) is 0 Å². The van der Waals surface area contributed by atoms with Crippen LogP contribution in [0, 0.1) is 6.92 Å². The van der Waals surface area contributed by atoms with Crippen molar-refractivity contribution < 1.29 is 0 Å². The smallest absolute Gasteiger partial charge is 0.0505 e. The van der Waals surface area contributed by atoms with Crippen molar-refractivity contribution in [3.8, 4) is 0 Å². The van der Waals surface area contributed by atoms with Crippen molar-refractivity contribution in [3.63, 3.8) is 0 Å².